The van der Waals surface area contributed by atoms with Gasteiger partial charge in [-0.3, -0.25) is 0 Å². The summed E-state index contributed by atoms with van der Waals surface area (Å²) in [5.74, 6) is 3.37. The van der Waals surface area contributed by atoms with E-state index in [0.29, 0.717) is 34.9 Å². The van der Waals surface area contributed by atoms with Gasteiger partial charge < -0.3 is 0 Å². The fourth-order valence-corrected chi connectivity index (χ4v) is 7.81. The molecule has 0 saturated heterocycles. The highest BCUT2D eigenvalue weighted by molar-refractivity contribution is 5.85. The molecular formula is C55H38N6. The molecule has 6 nitrogen and oxygen atoms in total. The highest BCUT2D eigenvalue weighted by atomic mass is 15.1. The first-order valence-electron chi connectivity index (χ1n) is 20.3. The fourth-order valence-electron chi connectivity index (χ4n) is 7.81. The lowest BCUT2D eigenvalue weighted by Crippen LogP contribution is -2.09. The molecule has 0 spiro atoms. The monoisotopic (exact) mass is 782 g/mol. The first-order chi connectivity index (χ1) is 30.2. The number of nitrogens with zero attached hydrogens (tertiary/aromatic N) is 6. The summed E-state index contributed by atoms with van der Waals surface area (Å²) in [4.78, 5) is 31.4. The summed E-state index contributed by atoms with van der Waals surface area (Å²) in [6, 6.07) is 74.5. The van der Waals surface area contributed by atoms with Crippen molar-refractivity contribution in [1.29, 1.82) is 0 Å². The molecule has 2 heterocycles. The van der Waals surface area contributed by atoms with Gasteiger partial charge in [-0.05, 0) is 44.5 Å². The van der Waals surface area contributed by atoms with Crippen LogP contribution in [0.3, 0.4) is 0 Å². The largest absolute Gasteiger partial charge is 0.213 e. The lowest BCUT2D eigenvalue weighted by molar-refractivity contribution is 0.861. The van der Waals surface area contributed by atoms with Crippen molar-refractivity contribution < 1.29 is 0 Å². The van der Waals surface area contributed by atoms with Crippen molar-refractivity contribution in [2.45, 2.75) is 6.42 Å². The minimum atomic E-state index is 0.229. The van der Waals surface area contributed by atoms with Gasteiger partial charge in [0.05, 0.1) is 6.42 Å². The van der Waals surface area contributed by atoms with Crippen LogP contribution in [0.4, 0.5) is 0 Å². The molecule has 0 amide bonds. The van der Waals surface area contributed by atoms with Crippen LogP contribution in [0.15, 0.2) is 218 Å². The summed E-state index contributed by atoms with van der Waals surface area (Å²) in [6.07, 6.45) is 0.229. The lowest BCUT2D eigenvalue weighted by Gasteiger charge is -2.15. The number of hydrogen-bond donors (Lipinski definition) is 0. The Balaban J connectivity index is 1.18. The second-order valence-electron chi connectivity index (χ2n) is 14.6. The minimum absolute atomic E-state index is 0.229. The summed E-state index contributed by atoms with van der Waals surface area (Å²) < 4.78 is 0. The molecule has 0 bridgehead atoms. The third-order valence-corrected chi connectivity index (χ3v) is 10.7. The highest BCUT2D eigenvalue weighted by Gasteiger charge is 2.21. The Kier molecular flexibility index (Phi) is 10.3. The van der Waals surface area contributed by atoms with Crippen molar-refractivity contribution in [2.24, 2.45) is 0 Å². The van der Waals surface area contributed by atoms with Gasteiger partial charge >= 0.3 is 0 Å². The van der Waals surface area contributed by atoms with Crippen LogP contribution in [0, 0.1) is 0 Å². The molecule has 8 aromatic carbocycles. The van der Waals surface area contributed by atoms with Crippen LogP contribution in [0.1, 0.15) is 11.6 Å². The third kappa shape index (κ3) is 7.86. The van der Waals surface area contributed by atoms with Gasteiger partial charge in [0.1, 0.15) is 11.6 Å². The molecule has 0 aliphatic rings. The zero-order valence-corrected chi connectivity index (χ0v) is 33.2. The van der Waals surface area contributed by atoms with E-state index in [0.717, 1.165) is 66.8 Å². The van der Waals surface area contributed by atoms with Crippen LogP contribution in [0.25, 0.3) is 90.1 Å². The summed E-state index contributed by atoms with van der Waals surface area (Å²) in [6.45, 7) is 0. The Morgan fingerprint density at radius 1 is 0.197 bits per heavy atom. The van der Waals surface area contributed by atoms with Gasteiger partial charge in [-0.25, -0.2) is 29.9 Å². The average molecular weight is 783 g/mol. The number of rotatable bonds is 10. The molecule has 6 heteroatoms. The topological polar surface area (TPSA) is 77.3 Å². The summed E-state index contributed by atoms with van der Waals surface area (Å²) in [5, 5.41) is 0. The van der Waals surface area contributed by atoms with E-state index in [4.69, 9.17) is 29.9 Å². The Morgan fingerprint density at radius 2 is 0.393 bits per heavy atom. The Hall–Kier alpha value is -8.22. The average Bonchev–Trinajstić information content (AvgIpc) is 3.35. The summed E-state index contributed by atoms with van der Waals surface area (Å²) in [7, 11) is 0. The quantitative estimate of drug-likeness (QED) is 0.137. The summed E-state index contributed by atoms with van der Waals surface area (Å²) >= 11 is 0. The van der Waals surface area contributed by atoms with E-state index in [-0.39, 0.29) is 6.42 Å². The second-order valence-corrected chi connectivity index (χ2v) is 14.6. The van der Waals surface area contributed by atoms with Crippen molar-refractivity contribution in [3.05, 3.63) is 230 Å². The van der Waals surface area contributed by atoms with E-state index in [2.05, 4.69) is 97.1 Å². The predicted octanol–water partition coefficient (Wildman–Crippen LogP) is 13.0. The molecule has 0 N–H and O–H groups in total. The van der Waals surface area contributed by atoms with Crippen molar-refractivity contribution in [3.63, 3.8) is 0 Å². The van der Waals surface area contributed by atoms with Crippen molar-refractivity contribution >= 4 is 0 Å². The van der Waals surface area contributed by atoms with Crippen LogP contribution >= 0.6 is 0 Å². The van der Waals surface area contributed by atoms with Gasteiger partial charge in [0.2, 0.25) is 0 Å². The maximum absolute atomic E-state index is 5.23. The van der Waals surface area contributed by atoms with E-state index < -0.39 is 0 Å². The SMILES string of the molecule is c1ccc(-c2ccccc2-c2nc(Cc3nc(-c4ccccc4-c4ccccc4)nc(-c4ccccc4-c4ccccc4)n3)nc(-c3ccccc3-c3ccccc3)n2)cc1. The first-order valence-corrected chi connectivity index (χ1v) is 20.3. The Morgan fingerprint density at radius 3 is 0.623 bits per heavy atom. The molecule has 0 unspecified atom stereocenters. The first kappa shape index (κ1) is 37.1. The van der Waals surface area contributed by atoms with Gasteiger partial charge in [-0.1, -0.05) is 218 Å². The molecule has 288 valence electrons. The Bertz CT molecular complexity index is 2690. The second kappa shape index (κ2) is 16.9. The third-order valence-electron chi connectivity index (χ3n) is 10.7. The molecule has 10 aromatic rings. The van der Waals surface area contributed by atoms with Gasteiger partial charge in [-0.2, -0.15) is 0 Å². The zero-order valence-electron chi connectivity index (χ0n) is 33.2. The van der Waals surface area contributed by atoms with Crippen LogP contribution in [0.5, 0.6) is 0 Å². The molecule has 0 aliphatic carbocycles. The van der Waals surface area contributed by atoms with E-state index in [9.17, 15) is 0 Å². The lowest BCUT2D eigenvalue weighted by atomic mass is 9.98. The van der Waals surface area contributed by atoms with Gasteiger partial charge in [0, 0.05) is 22.3 Å². The van der Waals surface area contributed by atoms with E-state index in [1.54, 1.807) is 0 Å². The molecule has 0 radical (unpaired) electrons. The number of hydrogen-bond acceptors (Lipinski definition) is 6. The fraction of sp³-hybridized carbons (Fsp3) is 0.0182. The van der Waals surface area contributed by atoms with E-state index >= 15 is 0 Å². The van der Waals surface area contributed by atoms with Crippen LogP contribution in [-0.4, -0.2) is 29.9 Å². The zero-order chi connectivity index (χ0) is 40.8. The minimum Gasteiger partial charge on any atom is -0.213 e. The summed E-state index contributed by atoms with van der Waals surface area (Å²) in [5.41, 5.74) is 12.0. The molecule has 61 heavy (non-hydrogen) atoms. The smallest absolute Gasteiger partial charge is 0.164 e. The molecule has 0 saturated carbocycles. The Labute approximate surface area is 355 Å². The number of aromatic nitrogens is 6. The maximum Gasteiger partial charge on any atom is 0.164 e. The maximum atomic E-state index is 5.23. The van der Waals surface area contributed by atoms with Crippen LogP contribution in [-0.2, 0) is 6.42 Å². The molecule has 0 fully saturated rings. The molecule has 10 rings (SSSR count). The van der Waals surface area contributed by atoms with Crippen molar-refractivity contribution in [2.75, 3.05) is 0 Å². The highest BCUT2D eigenvalue weighted by Crippen LogP contribution is 2.36. The molecular weight excluding hydrogens is 745 g/mol. The molecule has 0 atom stereocenters. The standard InChI is InChI=1S/C55H38N6/c1-5-21-38(22-6-1)42-29-13-17-33-46(42)52-56-50(57-53(60-52)47-34-18-14-30-43(47)39-23-7-2-8-24-39)37-51-58-54(48-35-19-15-31-44(48)40-25-9-3-10-26-40)61-55(59-51)49-36-20-16-32-45(49)41-27-11-4-12-28-41/h1-36H,37H2. The van der Waals surface area contributed by atoms with Gasteiger partial charge in [0.25, 0.3) is 0 Å². The molecule has 0 aliphatic heterocycles. The van der Waals surface area contributed by atoms with Crippen molar-refractivity contribution in [1.82, 2.24) is 29.9 Å². The van der Waals surface area contributed by atoms with E-state index in [1.165, 1.54) is 0 Å². The van der Waals surface area contributed by atoms with Crippen LogP contribution < -0.4 is 0 Å². The predicted molar refractivity (Wildman–Crippen MR) is 246 cm³/mol. The van der Waals surface area contributed by atoms with Gasteiger partial charge in [0.15, 0.2) is 23.3 Å². The van der Waals surface area contributed by atoms with E-state index in [1.807, 2.05) is 121 Å². The van der Waals surface area contributed by atoms with Crippen molar-refractivity contribution in [3.8, 4) is 90.1 Å². The van der Waals surface area contributed by atoms with Gasteiger partial charge in [-0.15, -0.1) is 0 Å². The number of benzene rings is 8. The normalized spacial score (nSPS) is 11.0. The molecule has 2 aromatic heterocycles. The van der Waals surface area contributed by atoms with Crippen LogP contribution in [0.2, 0.25) is 0 Å².